The standard InChI is InChI=1S/C17H21BrN8O2/c1-10-13(18)9-26(23-10)11(2)16(27)22-14-7-21-25(4)15(14)17(28)19-5-12-6-20-24(3)8-12/h6-9,11H,5H2,1-4H3,(H,19,28)(H,22,27)/t11-/m1/s1. The maximum absolute atomic E-state index is 12.6. The quantitative estimate of drug-likeness (QED) is 0.593. The highest BCUT2D eigenvalue weighted by Gasteiger charge is 2.22. The van der Waals surface area contributed by atoms with Crippen LogP contribution in [-0.2, 0) is 25.4 Å². The lowest BCUT2D eigenvalue weighted by Crippen LogP contribution is -2.28. The monoisotopic (exact) mass is 448 g/mol. The fraction of sp³-hybridized carbons (Fsp3) is 0.353. The minimum absolute atomic E-state index is 0.266. The largest absolute Gasteiger partial charge is 0.346 e. The van der Waals surface area contributed by atoms with E-state index >= 15 is 0 Å². The highest BCUT2D eigenvalue weighted by atomic mass is 79.9. The topological polar surface area (TPSA) is 112 Å². The number of carbonyl (C=O) groups excluding carboxylic acids is 2. The summed E-state index contributed by atoms with van der Waals surface area (Å²) in [5.74, 6) is -0.645. The van der Waals surface area contributed by atoms with Gasteiger partial charge in [0, 0.05) is 38.6 Å². The third-order valence-electron chi connectivity index (χ3n) is 4.26. The van der Waals surface area contributed by atoms with Crippen molar-refractivity contribution in [1.29, 1.82) is 0 Å². The summed E-state index contributed by atoms with van der Waals surface area (Å²) in [5, 5.41) is 18.0. The normalized spacial score (nSPS) is 12.0. The molecule has 0 saturated carbocycles. The Bertz CT molecular complexity index is 999. The fourth-order valence-corrected chi connectivity index (χ4v) is 2.93. The second-order valence-corrected chi connectivity index (χ2v) is 7.30. The molecule has 3 heterocycles. The van der Waals surface area contributed by atoms with Gasteiger partial charge in [-0.05, 0) is 29.8 Å². The van der Waals surface area contributed by atoms with Crippen molar-refractivity contribution in [2.45, 2.75) is 26.4 Å². The average molecular weight is 449 g/mol. The van der Waals surface area contributed by atoms with Crippen LogP contribution in [0, 0.1) is 6.92 Å². The number of anilines is 1. The Morgan fingerprint density at radius 3 is 2.57 bits per heavy atom. The van der Waals surface area contributed by atoms with Crippen molar-refractivity contribution < 1.29 is 9.59 Å². The van der Waals surface area contributed by atoms with Crippen molar-refractivity contribution in [2.24, 2.45) is 14.1 Å². The number of aryl methyl sites for hydroxylation is 3. The van der Waals surface area contributed by atoms with Crippen molar-refractivity contribution >= 4 is 33.4 Å². The third kappa shape index (κ3) is 4.14. The summed E-state index contributed by atoms with van der Waals surface area (Å²) in [6, 6.07) is -0.559. The van der Waals surface area contributed by atoms with Gasteiger partial charge < -0.3 is 10.6 Å². The summed E-state index contributed by atoms with van der Waals surface area (Å²) in [6.45, 7) is 3.89. The Morgan fingerprint density at radius 2 is 1.96 bits per heavy atom. The summed E-state index contributed by atoms with van der Waals surface area (Å²) < 4.78 is 5.47. The van der Waals surface area contributed by atoms with E-state index in [9.17, 15) is 9.59 Å². The maximum atomic E-state index is 12.6. The predicted octanol–water partition coefficient (Wildman–Crippen LogP) is 1.55. The first-order valence-corrected chi connectivity index (χ1v) is 9.35. The fourth-order valence-electron chi connectivity index (χ4n) is 2.64. The van der Waals surface area contributed by atoms with Gasteiger partial charge in [-0.15, -0.1) is 0 Å². The molecule has 11 heteroatoms. The Morgan fingerprint density at radius 1 is 1.21 bits per heavy atom. The van der Waals surface area contributed by atoms with Gasteiger partial charge in [-0.2, -0.15) is 15.3 Å². The number of amides is 2. The van der Waals surface area contributed by atoms with Crippen LogP contribution in [0.1, 0.15) is 34.7 Å². The summed E-state index contributed by atoms with van der Waals surface area (Å²) in [4.78, 5) is 25.3. The lowest BCUT2D eigenvalue weighted by Gasteiger charge is -2.13. The number of aromatic nitrogens is 6. The van der Waals surface area contributed by atoms with Crippen LogP contribution >= 0.6 is 15.9 Å². The molecule has 0 saturated heterocycles. The smallest absolute Gasteiger partial charge is 0.271 e. The minimum Gasteiger partial charge on any atom is -0.346 e. The van der Waals surface area contributed by atoms with Gasteiger partial charge in [-0.3, -0.25) is 23.6 Å². The highest BCUT2D eigenvalue weighted by molar-refractivity contribution is 9.10. The molecular weight excluding hydrogens is 428 g/mol. The summed E-state index contributed by atoms with van der Waals surface area (Å²) in [7, 11) is 3.45. The van der Waals surface area contributed by atoms with E-state index in [-0.39, 0.29) is 17.5 Å². The first-order chi connectivity index (χ1) is 13.3. The van der Waals surface area contributed by atoms with Gasteiger partial charge in [-0.25, -0.2) is 0 Å². The Kier molecular flexibility index (Phi) is 5.63. The van der Waals surface area contributed by atoms with E-state index < -0.39 is 6.04 Å². The second kappa shape index (κ2) is 7.97. The van der Waals surface area contributed by atoms with Gasteiger partial charge in [0.15, 0.2) is 0 Å². The summed E-state index contributed by atoms with van der Waals surface area (Å²) in [5.41, 5.74) is 2.27. The number of nitrogens with one attached hydrogen (secondary N) is 2. The molecule has 0 spiro atoms. The van der Waals surface area contributed by atoms with Crippen LogP contribution in [0.4, 0.5) is 5.69 Å². The molecule has 0 bridgehead atoms. The maximum Gasteiger partial charge on any atom is 0.271 e. The molecule has 0 aliphatic heterocycles. The van der Waals surface area contributed by atoms with Crippen LogP contribution in [0.25, 0.3) is 0 Å². The van der Waals surface area contributed by atoms with Gasteiger partial charge in [0.25, 0.3) is 5.91 Å². The van der Waals surface area contributed by atoms with Crippen molar-refractivity contribution in [2.75, 3.05) is 5.32 Å². The lowest BCUT2D eigenvalue weighted by molar-refractivity contribution is -0.119. The highest BCUT2D eigenvalue weighted by Crippen LogP contribution is 2.19. The van der Waals surface area contributed by atoms with Crippen LogP contribution in [0.15, 0.2) is 29.3 Å². The summed E-state index contributed by atoms with van der Waals surface area (Å²) in [6.07, 6.45) is 6.69. The molecule has 0 aromatic carbocycles. The third-order valence-corrected chi connectivity index (χ3v) is 5.03. The van der Waals surface area contributed by atoms with E-state index in [2.05, 4.69) is 41.9 Å². The van der Waals surface area contributed by atoms with Crippen molar-refractivity contribution in [3.63, 3.8) is 0 Å². The molecule has 0 aliphatic rings. The number of carbonyl (C=O) groups is 2. The molecular formula is C17H21BrN8O2. The molecule has 0 unspecified atom stereocenters. The molecule has 10 nitrogen and oxygen atoms in total. The van der Waals surface area contributed by atoms with Crippen molar-refractivity contribution in [3.05, 3.63) is 46.2 Å². The van der Waals surface area contributed by atoms with Crippen LogP contribution in [-0.4, -0.2) is 41.2 Å². The Labute approximate surface area is 170 Å². The molecule has 3 aromatic heterocycles. The molecule has 148 valence electrons. The van der Waals surface area contributed by atoms with Crippen molar-refractivity contribution in [3.8, 4) is 0 Å². The van der Waals surface area contributed by atoms with E-state index in [0.29, 0.717) is 12.2 Å². The number of rotatable bonds is 6. The van der Waals surface area contributed by atoms with Gasteiger partial charge >= 0.3 is 0 Å². The lowest BCUT2D eigenvalue weighted by atomic mass is 10.2. The molecule has 1 atom stereocenters. The molecule has 28 heavy (non-hydrogen) atoms. The molecule has 3 aromatic rings. The van der Waals surface area contributed by atoms with Crippen LogP contribution in [0.2, 0.25) is 0 Å². The molecule has 2 N–H and O–H groups in total. The van der Waals surface area contributed by atoms with Crippen LogP contribution < -0.4 is 10.6 Å². The zero-order chi connectivity index (χ0) is 20.4. The SMILES string of the molecule is Cc1nn([C@H](C)C(=O)Nc2cnn(C)c2C(=O)NCc2cnn(C)c2)cc1Br. The number of halogens is 1. The van der Waals surface area contributed by atoms with Crippen molar-refractivity contribution in [1.82, 2.24) is 34.7 Å². The van der Waals surface area contributed by atoms with E-state index in [1.807, 2.05) is 13.1 Å². The number of hydrogen-bond donors (Lipinski definition) is 2. The van der Waals surface area contributed by atoms with E-state index in [1.54, 1.807) is 42.8 Å². The predicted molar refractivity (Wildman–Crippen MR) is 106 cm³/mol. The van der Waals surface area contributed by atoms with E-state index in [1.165, 1.54) is 10.9 Å². The van der Waals surface area contributed by atoms with Crippen LogP contribution in [0.3, 0.4) is 0 Å². The van der Waals surface area contributed by atoms with Gasteiger partial charge in [-0.1, -0.05) is 0 Å². The molecule has 2 amide bonds. The first-order valence-electron chi connectivity index (χ1n) is 8.56. The number of hydrogen-bond acceptors (Lipinski definition) is 5. The Balaban J connectivity index is 1.71. The number of nitrogens with zero attached hydrogens (tertiary/aromatic N) is 6. The van der Waals surface area contributed by atoms with E-state index in [0.717, 1.165) is 15.7 Å². The summed E-state index contributed by atoms with van der Waals surface area (Å²) >= 11 is 3.39. The zero-order valence-corrected chi connectivity index (χ0v) is 17.6. The van der Waals surface area contributed by atoms with Gasteiger partial charge in [0.1, 0.15) is 11.7 Å². The second-order valence-electron chi connectivity index (χ2n) is 6.44. The van der Waals surface area contributed by atoms with Gasteiger partial charge in [0.2, 0.25) is 5.91 Å². The van der Waals surface area contributed by atoms with Gasteiger partial charge in [0.05, 0.1) is 28.2 Å². The first kappa shape index (κ1) is 19.8. The van der Waals surface area contributed by atoms with Crippen LogP contribution in [0.5, 0.6) is 0 Å². The molecule has 0 radical (unpaired) electrons. The zero-order valence-electron chi connectivity index (χ0n) is 16.0. The molecule has 3 rings (SSSR count). The Hall–Kier alpha value is -2.95. The van der Waals surface area contributed by atoms with E-state index in [4.69, 9.17) is 0 Å². The molecule has 0 fully saturated rings. The average Bonchev–Trinajstić information content (AvgIpc) is 3.32. The minimum atomic E-state index is -0.559. The molecule has 0 aliphatic carbocycles.